The van der Waals surface area contributed by atoms with Crippen LogP contribution in [0.15, 0.2) is 89.8 Å². The second-order valence-electron chi connectivity index (χ2n) is 5.59. The summed E-state index contributed by atoms with van der Waals surface area (Å²) in [5.41, 5.74) is 1.82. The highest BCUT2D eigenvalue weighted by molar-refractivity contribution is 7.90. The Balaban J connectivity index is 1.74. The van der Waals surface area contributed by atoms with Crippen LogP contribution in [0.2, 0.25) is 0 Å². The van der Waals surface area contributed by atoms with Crippen molar-refractivity contribution < 1.29 is 13.2 Å². The van der Waals surface area contributed by atoms with Gasteiger partial charge in [0.05, 0.1) is 10.6 Å². The number of anilines is 1. The van der Waals surface area contributed by atoms with Crippen LogP contribution in [0.1, 0.15) is 15.9 Å². The zero-order chi connectivity index (χ0) is 17.7. The molecule has 0 aliphatic carbocycles. The average molecular weight is 351 g/mol. The molecule has 0 radical (unpaired) electrons. The maximum absolute atomic E-state index is 12.5. The first kappa shape index (κ1) is 16.9. The third-order valence-corrected chi connectivity index (χ3v) is 5.41. The zero-order valence-corrected chi connectivity index (χ0v) is 14.2. The molecule has 5 heteroatoms. The average Bonchev–Trinajstić information content (AvgIpc) is 2.63. The van der Waals surface area contributed by atoms with Gasteiger partial charge in [0.15, 0.2) is 9.84 Å². The number of hydrogen-bond donors (Lipinski definition) is 1. The van der Waals surface area contributed by atoms with Crippen LogP contribution < -0.4 is 5.32 Å². The normalized spacial score (nSPS) is 11.0. The van der Waals surface area contributed by atoms with Crippen LogP contribution in [-0.2, 0) is 15.6 Å². The predicted molar refractivity (Wildman–Crippen MR) is 98.2 cm³/mol. The van der Waals surface area contributed by atoms with Gasteiger partial charge < -0.3 is 5.32 Å². The molecule has 0 aromatic heterocycles. The molecule has 0 aliphatic heterocycles. The Morgan fingerprint density at radius 3 is 1.92 bits per heavy atom. The van der Waals surface area contributed by atoms with Gasteiger partial charge in [-0.2, -0.15) is 0 Å². The lowest BCUT2D eigenvalue weighted by atomic mass is 10.2. The molecule has 126 valence electrons. The van der Waals surface area contributed by atoms with Crippen molar-refractivity contribution in [2.45, 2.75) is 10.6 Å². The quantitative estimate of drug-likeness (QED) is 0.758. The van der Waals surface area contributed by atoms with E-state index in [0.29, 0.717) is 11.3 Å². The molecule has 0 saturated heterocycles. The molecule has 0 heterocycles. The van der Waals surface area contributed by atoms with Crippen molar-refractivity contribution in [1.29, 1.82) is 0 Å². The lowest BCUT2D eigenvalue weighted by molar-refractivity contribution is 0.102. The van der Waals surface area contributed by atoms with E-state index in [2.05, 4.69) is 5.32 Å². The summed E-state index contributed by atoms with van der Waals surface area (Å²) in [5.74, 6) is -0.346. The molecule has 0 saturated carbocycles. The van der Waals surface area contributed by atoms with Crippen LogP contribution >= 0.6 is 0 Å². The van der Waals surface area contributed by atoms with Gasteiger partial charge in [0.1, 0.15) is 0 Å². The molecule has 0 spiro atoms. The minimum atomic E-state index is -3.45. The van der Waals surface area contributed by atoms with Crippen LogP contribution in [0, 0.1) is 0 Å². The number of rotatable bonds is 5. The highest BCUT2D eigenvalue weighted by Gasteiger charge is 2.16. The predicted octanol–water partition coefficient (Wildman–Crippen LogP) is 3.91. The van der Waals surface area contributed by atoms with Gasteiger partial charge in [-0.05, 0) is 42.0 Å². The van der Waals surface area contributed by atoms with Gasteiger partial charge in [0, 0.05) is 11.3 Å². The van der Waals surface area contributed by atoms with Gasteiger partial charge in [-0.25, -0.2) is 8.42 Å². The van der Waals surface area contributed by atoms with Gasteiger partial charge >= 0.3 is 0 Å². The van der Waals surface area contributed by atoms with E-state index in [1.54, 1.807) is 24.3 Å². The maximum atomic E-state index is 12.5. The van der Waals surface area contributed by atoms with E-state index in [9.17, 15) is 13.2 Å². The fraction of sp³-hybridized carbons (Fsp3) is 0.0500. The summed E-state index contributed by atoms with van der Waals surface area (Å²) >= 11 is 0. The Bertz CT molecular complexity index is 951. The van der Waals surface area contributed by atoms with Crippen molar-refractivity contribution in [2.75, 3.05) is 5.32 Å². The monoisotopic (exact) mass is 351 g/mol. The Morgan fingerprint density at radius 1 is 0.760 bits per heavy atom. The Hall–Kier alpha value is -2.92. The maximum Gasteiger partial charge on any atom is 0.255 e. The van der Waals surface area contributed by atoms with Crippen molar-refractivity contribution in [1.82, 2.24) is 0 Å². The summed E-state index contributed by atoms with van der Waals surface area (Å²) in [6.45, 7) is 0. The van der Waals surface area contributed by atoms with E-state index in [4.69, 9.17) is 0 Å². The molecule has 0 fully saturated rings. The first-order chi connectivity index (χ1) is 12.0. The van der Waals surface area contributed by atoms with Crippen LogP contribution in [0.3, 0.4) is 0 Å². The lowest BCUT2D eigenvalue weighted by Gasteiger charge is -2.07. The standard InChI is InChI=1S/C20H17NO3S/c22-20(21-18-9-5-2-6-10-18)17-11-13-19(14-12-17)25(23,24)15-16-7-3-1-4-8-16/h1-14H,15H2,(H,21,22). The van der Waals surface area contributed by atoms with E-state index < -0.39 is 9.84 Å². The highest BCUT2D eigenvalue weighted by atomic mass is 32.2. The van der Waals surface area contributed by atoms with Crippen molar-refractivity contribution >= 4 is 21.4 Å². The Morgan fingerprint density at radius 2 is 1.32 bits per heavy atom. The minimum absolute atomic E-state index is 0.0661. The van der Waals surface area contributed by atoms with E-state index in [0.717, 1.165) is 5.56 Å². The Labute approximate surface area is 147 Å². The molecule has 0 unspecified atom stereocenters. The van der Waals surface area contributed by atoms with Crippen LogP contribution in [0.4, 0.5) is 5.69 Å². The first-order valence-electron chi connectivity index (χ1n) is 7.78. The van der Waals surface area contributed by atoms with Crippen LogP contribution in [0.25, 0.3) is 0 Å². The summed E-state index contributed by atoms with van der Waals surface area (Å²) in [6.07, 6.45) is 0. The van der Waals surface area contributed by atoms with Gasteiger partial charge in [-0.3, -0.25) is 4.79 Å². The molecule has 0 aliphatic rings. The summed E-state index contributed by atoms with van der Waals surface area (Å²) < 4.78 is 24.9. The molecular weight excluding hydrogens is 334 g/mol. The van der Waals surface area contributed by atoms with Crippen LogP contribution in [-0.4, -0.2) is 14.3 Å². The molecule has 1 amide bonds. The summed E-state index contributed by atoms with van der Waals surface area (Å²) in [5, 5.41) is 2.77. The number of sulfone groups is 1. The summed E-state index contributed by atoms with van der Waals surface area (Å²) in [7, 11) is -3.45. The molecule has 3 rings (SSSR count). The van der Waals surface area contributed by atoms with Crippen LogP contribution in [0.5, 0.6) is 0 Å². The Kier molecular flexibility index (Phi) is 4.95. The van der Waals surface area contributed by atoms with Gasteiger partial charge in [-0.15, -0.1) is 0 Å². The highest BCUT2D eigenvalue weighted by Crippen LogP contribution is 2.18. The molecular formula is C20H17NO3S. The van der Waals surface area contributed by atoms with E-state index in [1.807, 2.05) is 36.4 Å². The number of nitrogens with one attached hydrogen (secondary N) is 1. The van der Waals surface area contributed by atoms with E-state index >= 15 is 0 Å². The van der Waals surface area contributed by atoms with Gasteiger partial charge in [0.2, 0.25) is 0 Å². The molecule has 4 nitrogen and oxygen atoms in total. The summed E-state index contributed by atoms with van der Waals surface area (Å²) in [4.78, 5) is 12.4. The lowest BCUT2D eigenvalue weighted by Crippen LogP contribution is -2.12. The number of para-hydroxylation sites is 1. The summed E-state index contributed by atoms with van der Waals surface area (Å²) in [6, 6.07) is 24.1. The van der Waals surface area contributed by atoms with E-state index in [-0.39, 0.29) is 16.6 Å². The fourth-order valence-corrected chi connectivity index (χ4v) is 3.76. The first-order valence-corrected chi connectivity index (χ1v) is 9.43. The molecule has 3 aromatic carbocycles. The van der Waals surface area contributed by atoms with Crippen molar-refractivity contribution in [3.63, 3.8) is 0 Å². The van der Waals surface area contributed by atoms with Crippen molar-refractivity contribution in [3.8, 4) is 0 Å². The number of amides is 1. The number of carbonyl (C=O) groups excluding carboxylic acids is 1. The van der Waals surface area contributed by atoms with Gasteiger partial charge in [0.25, 0.3) is 5.91 Å². The smallest absolute Gasteiger partial charge is 0.255 e. The second kappa shape index (κ2) is 7.32. The van der Waals surface area contributed by atoms with Crippen molar-refractivity contribution in [3.05, 3.63) is 96.1 Å². The topological polar surface area (TPSA) is 63.2 Å². The third-order valence-electron chi connectivity index (χ3n) is 3.71. The molecule has 0 atom stereocenters. The number of carbonyl (C=O) groups is 1. The number of benzene rings is 3. The number of hydrogen-bond acceptors (Lipinski definition) is 3. The molecule has 3 aromatic rings. The molecule has 25 heavy (non-hydrogen) atoms. The third kappa shape index (κ3) is 4.33. The van der Waals surface area contributed by atoms with Gasteiger partial charge in [-0.1, -0.05) is 48.5 Å². The largest absolute Gasteiger partial charge is 0.322 e. The SMILES string of the molecule is O=C(Nc1ccccc1)c1ccc(S(=O)(=O)Cc2ccccc2)cc1. The fourth-order valence-electron chi connectivity index (χ4n) is 2.42. The molecule has 1 N–H and O–H groups in total. The van der Waals surface area contributed by atoms with E-state index in [1.165, 1.54) is 24.3 Å². The van der Waals surface area contributed by atoms with Crippen molar-refractivity contribution in [2.24, 2.45) is 0 Å². The second-order valence-corrected chi connectivity index (χ2v) is 7.58. The zero-order valence-electron chi connectivity index (χ0n) is 13.4. The molecule has 0 bridgehead atoms. The minimum Gasteiger partial charge on any atom is -0.322 e.